The summed E-state index contributed by atoms with van der Waals surface area (Å²) >= 11 is 0. The van der Waals surface area contributed by atoms with Crippen molar-refractivity contribution in [2.75, 3.05) is 26.2 Å². The number of nitrogens with one attached hydrogen (secondary N) is 1. The molecule has 3 rings (SSSR count). The minimum absolute atomic E-state index is 0.120. The molecule has 0 bridgehead atoms. The second-order valence-corrected chi connectivity index (χ2v) is 5.84. The maximum absolute atomic E-state index is 12.3. The van der Waals surface area contributed by atoms with Gasteiger partial charge in [0, 0.05) is 44.9 Å². The third-order valence-corrected chi connectivity index (χ3v) is 4.48. The predicted molar refractivity (Wildman–Crippen MR) is 75.3 cm³/mol. The molecule has 0 aromatic rings. The fraction of sp³-hybridized carbons (Fsp3) is 0.714. The molecule has 0 radical (unpaired) electrons. The van der Waals surface area contributed by atoms with E-state index in [4.69, 9.17) is 0 Å². The van der Waals surface area contributed by atoms with Crippen LogP contribution >= 0.6 is 0 Å². The van der Waals surface area contributed by atoms with Crippen molar-refractivity contribution in [3.05, 3.63) is 0 Å². The molecular weight excluding hydrogens is 272 g/mol. The van der Waals surface area contributed by atoms with Gasteiger partial charge in [0.25, 0.3) is 5.91 Å². The Balaban J connectivity index is 1.52. The van der Waals surface area contributed by atoms with Crippen molar-refractivity contribution in [3.8, 4) is 0 Å². The van der Waals surface area contributed by atoms with Crippen molar-refractivity contribution in [1.29, 1.82) is 0 Å². The van der Waals surface area contributed by atoms with Gasteiger partial charge in [0.15, 0.2) is 0 Å². The summed E-state index contributed by atoms with van der Waals surface area (Å²) in [5.74, 6) is 0.189. The molecule has 2 aliphatic heterocycles. The van der Waals surface area contributed by atoms with Crippen molar-refractivity contribution < 1.29 is 14.4 Å². The highest BCUT2D eigenvalue weighted by Gasteiger charge is 2.33. The molecule has 1 N–H and O–H groups in total. The van der Waals surface area contributed by atoms with Gasteiger partial charge in [-0.1, -0.05) is 6.42 Å². The molecule has 114 valence electrons. The minimum atomic E-state index is -0.150. The molecule has 7 nitrogen and oxygen atoms in total. The van der Waals surface area contributed by atoms with Crippen LogP contribution in [0.5, 0.6) is 0 Å². The Morgan fingerprint density at radius 1 is 1.05 bits per heavy atom. The molecule has 1 saturated carbocycles. The Kier molecular flexibility index (Phi) is 3.90. The van der Waals surface area contributed by atoms with Crippen LogP contribution in [-0.2, 0) is 14.4 Å². The Morgan fingerprint density at radius 2 is 1.71 bits per heavy atom. The summed E-state index contributed by atoms with van der Waals surface area (Å²) in [6, 6.07) is 0. The van der Waals surface area contributed by atoms with Crippen LogP contribution in [0.4, 0.5) is 0 Å². The van der Waals surface area contributed by atoms with Crippen molar-refractivity contribution in [2.24, 2.45) is 11.0 Å². The first kappa shape index (κ1) is 14.0. The van der Waals surface area contributed by atoms with Crippen molar-refractivity contribution in [1.82, 2.24) is 15.2 Å². The third kappa shape index (κ3) is 2.91. The molecule has 2 fully saturated rings. The average Bonchev–Trinajstić information content (AvgIpc) is 2.46. The lowest BCUT2D eigenvalue weighted by Gasteiger charge is -2.38. The van der Waals surface area contributed by atoms with Crippen molar-refractivity contribution in [2.45, 2.75) is 32.1 Å². The minimum Gasteiger partial charge on any atom is -0.339 e. The van der Waals surface area contributed by atoms with Gasteiger partial charge in [-0.3, -0.25) is 14.4 Å². The SMILES string of the molecule is O=C1CCC(C(=O)N2CCN(C(=O)C3CCC3)CC2)=NN1. The third-order valence-electron chi connectivity index (χ3n) is 4.48. The largest absolute Gasteiger partial charge is 0.339 e. The first-order valence-corrected chi connectivity index (χ1v) is 7.58. The van der Waals surface area contributed by atoms with Gasteiger partial charge in [-0.15, -0.1) is 0 Å². The Hall–Kier alpha value is -1.92. The molecule has 3 amide bonds. The van der Waals surface area contributed by atoms with E-state index in [1.807, 2.05) is 4.90 Å². The predicted octanol–water partition coefficient (Wildman–Crippen LogP) is -0.277. The Bertz CT molecular complexity index is 490. The zero-order valence-corrected chi connectivity index (χ0v) is 12.0. The molecule has 1 aliphatic carbocycles. The summed E-state index contributed by atoms with van der Waals surface area (Å²) in [6.45, 7) is 2.29. The van der Waals surface area contributed by atoms with Crippen molar-refractivity contribution in [3.63, 3.8) is 0 Å². The second-order valence-electron chi connectivity index (χ2n) is 5.84. The highest BCUT2D eigenvalue weighted by molar-refractivity contribution is 6.39. The van der Waals surface area contributed by atoms with Gasteiger partial charge in [-0.25, -0.2) is 5.43 Å². The van der Waals surface area contributed by atoms with Crippen molar-refractivity contribution >= 4 is 23.4 Å². The highest BCUT2D eigenvalue weighted by Crippen LogP contribution is 2.28. The number of hydrogen-bond acceptors (Lipinski definition) is 4. The van der Waals surface area contributed by atoms with Crippen LogP contribution in [0.3, 0.4) is 0 Å². The molecule has 21 heavy (non-hydrogen) atoms. The molecule has 1 saturated heterocycles. The first-order valence-electron chi connectivity index (χ1n) is 7.58. The van der Waals surface area contributed by atoms with E-state index in [1.54, 1.807) is 4.90 Å². The van der Waals surface area contributed by atoms with Crippen LogP contribution < -0.4 is 5.43 Å². The van der Waals surface area contributed by atoms with Gasteiger partial charge in [0.1, 0.15) is 5.71 Å². The lowest BCUT2D eigenvalue weighted by atomic mass is 9.84. The number of amides is 3. The monoisotopic (exact) mass is 292 g/mol. The molecule has 7 heteroatoms. The van der Waals surface area contributed by atoms with E-state index in [0.29, 0.717) is 44.7 Å². The summed E-state index contributed by atoms with van der Waals surface area (Å²) in [7, 11) is 0. The molecular formula is C14H20N4O3. The van der Waals surface area contributed by atoms with Crippen LogP contribution in [0.1, 0.15) is 32.1 Å². The molecule has 3 aliphatic rings. The summed E-state index contributed by atoms with van der Waals surface area (Å²) < 4.78 is 0. The summed E-state index contributed by atoms with van der Waals surface area (Å²) in [5, 5.41) is 3.84. The van der Waals surface area contributed by atoms with Crippen LogP contribution in [0.2, 0.25) is 0 Å². The number of nitrogens with zero attached hydrogens (tertiary/aromatic N) is 3. The Morgan fingerprint density at radius 3 is 2.24 bits per heavy atom. The number of rotatable bonds is 2. The second kappa shape index (κ2) is 5.83. The van der Waals surface area contributed by atoms with E-state index in [9.17, 15) is 14.4 Å². The van der Waals surface area contributed by atoms with E-state index >= 15 is 0 Å². The number of carbonyl (C=O) groups excluding carboxylic acids is 3. The molecule has 0 aromatic heterocycles. The number of hydrazone groups is 1. The van der Waals surface area contributed by atoms with Gasteiger partial charge in [-0.05, 0) is 12.8 Å². The van der Waals surface area contributed by atoms with E-state index in [2.05, 4.69) is 10.5 Å². The highest BCUT2D eigenvalue weighted by atomic mass is 16.2. The lowest BCUT2D eigenvalue weighted by Crippen LogP contribution is -2.54. The quantitative estimate of drug-likeness (QED) is 0.760. The first-order chi connectivity index (χ1) is 10.1. The average molecular weight is 292 g/mol. The zero-order valence-electron chi connectivity index (χ0n) is 12.0. The number of hydrogen-bond donors (Lipinski definition) is 1. The summed E-state index contributed by atoms with van der Waals surface area (Å²) in [6.07, 6.45) is 3.87. The maximum Gasteiger partial charge on any atom is 0.270 e. The molecule has 2 heterocycles. The van der Waals surface area contributed by atoms with Crippen LogP contribution in [0.25, 0.3) is 0 Å². The van der Waals surface area contributed by atoms with Gasteiger partial charge < -0.3 is 9.80 Å². The van der Waals surface area contributed by atoms with Gasteiger partial charge in [-0.2, -0.15) is 5.10 Å². The van der Waals surface area contributed by atoms with E-state index in [0.717, 1.165) is 19.3 Å². The number of carbonyl (C=O) groups is 3. The summed E-state index contributed by atoms with van der Waals surface area (Å²) in [4.78, 5) is 39.1. The lowest BCUT2D eigenvalue weighted by molar-refractivity contribution is -0.142. The zero-order chi connectivity index (χ0) is 14.8. The van der Waals surface area contributed by atoms with E-state index in [-0.39, 0.29) is 23.6 Å². The fourth-order valence-electron chi connectivity index (χ4n) is 2.85. The smallest absolute Gasteiger partial charge is 0.270 e. The fourth-order valence-corrected chi connectivity index (χ4v) is 2.85. The van der Waals surface area contributed by atoms with E-state index in [1.165, 1.54) is 0 Å². The normalized spacial score (nSPS) is 23.2. The maximum atomic E-state index is 12.3. The molecule has 0 spiro atoms. The van der Waals surface area contributed by atoms with Gasteiger partial charge >= 0.3 is 0 Å². The van der Waals surface area contributed by atoms with Crippen LogP contribution in [-0.4, -0.2) is 59.4 Å². The summed E-state index contributed by atoms with van der Waals surface area (Å²) in [5.41, 5.74) is 2.76. The van der Waals surface area contributed by atoms with Gasteiger partial charge in [0.05, 0.1) is 0 Å². The van der Waals surface area contributed by atoms with E-state index < -0.39 is 0 Å². The number of piperazine rings is 1. The standard InChI is InChI=1S/C14H20N4O3/c19-12-5-4-11(15-16-12)14(21)18-8-6-17(7-9-18)13(20)10-2-1-3-10/h10H,1-9H2,(H,16,19). The van der Waals surface area contributed by atoms with Gasteiger partial charge in [0.2, 0.25) is 11.8 Å². The molecule has 0 aromatic carbocycles. The topological polar surface area (TPSA) is 82.1 Å². The molecule has 0 unspecified atom stereocenters. The molecule has 0 atom stereocenters. The van der Waals surface area contributed by atoms with Crippen LogP contribution in [0, 0.1) is 5.92 Å². The van der Waals surface area contributed by atoms with Crippen LogP contribution in [0.15, 0.2) is 5.10 Å². The Labute approximate surface area is 123 Å².